The highest BCUT2D eigenvalue weighted by Crippen LogP contribution is 2.27. The van der Waals surface area contributed by atoms with Crippen molar-refractivity contribution >= 4 is 27.1 Å². The van der Waals surface area contributed by atoms with Gasteiger partial charge in [-0.1, -0.05) is 29.5 Å². The van der Waals surface area contributed by atoms with Gasteiger partial charge in [-0.2, -0.15) is 4.52 Å². The third-order valence-corrected chi connectivity index (χ3v) is 4.25. The van der Waals surface area contributed by atoms with Crippen LogP contribution in [0.25, 0.3) is 16.3 Å². The number of fused-ring (bicyclic) bond motifs is 1. The van der Waals surface area contributed by atoms with Gasteiger partial charge in [0, 0.05) is 11.3 Å². The maximum Gasteiger partial charge on any atom is 0.236 e. The summed E-state index contributed by atoms with van der Waals surface area (Å²) < 4.78 is 7.23. The maximum absolute atomic E-state index is 5.47. The molecule has 24 heavy (non-hydrogen) atoms. The van der Waals surface area contributed by atoms with Gasteiger partial charge in [0.1, 0.15) is 5.75 Å². The van der Waals surface area contributed by atoms with Crippen LogP contribution >= 0.6 is 11.3 Å². The molecule has 2 heterocycles. The molecule has 120 valence electrons. The minimum atomic E-state index is 0.648. The highest BCUT2D eigenvalue weighted by molar-refractivity contribution is 7.20. The fourth-order valence-electron chi connectivity index (χ4n) is 2.36. The lowest BCUT2D eigenvalue weighted by atomic mass is 10.2. The van der Waals surface area contributed by atoms with Crippen molar-refractivity contribution in [3.05, 3.63) is 54.6 Å². The van der Waals surface area contributed by atoms with Gasteiger partial charge in [-0.05, 0) is 43.3 Å². The van der Waals surface area contributed by atoms with E-state index in [0.29, 0.717) is 12.4 Å². The summed E-state index contributed by atoms with van der Waals surface area (Å²) in [5.41, 5.74) is 1.94. The van der Waals surface area contributed by atoms with Crippen LogP contribution in [0.2, 0.25) is 0 Å². The second kappa shape index (κ2) is 6.29. The van der Waals surface area contributed by atoms with Gasteiger partial charge in [0.2, 0.25) is 10.1 Å². The fourth-order valence-corrected chi connectivity index (χ4v) is 3.12. The Hall–Kier alpha value is -2.93. The first-order chi connectivity index (χ1) is 11.8. The largest absolute Gasteiger partial charge is 0.494 e. The SMILES string of the molecule is CCOc1ccc(-c2nnc3sc(Nc4ccccc4)nn23)cc1. The first-order valence-electron chi connectivity index (χ1n) is 7.61. The van der Waals surface area contributed by atoms with E-state index in [1.54, 1.807) is 4.52 Å². The summed E-state index contributed by atoms with van der Waals surface area (Å²) in [5.74, 6) is 1.55. The zero-order valence-electron chi connectivity index (χ0n) is 13.0. The average Bonchev–Trinajstić information content (AvgIpc) is 3.17. The van der Waals surface area contributed by atoms with Gasteiger partial charge >= 0.3 is 0 Å². The van der Waals surface area contributed by atoms with Crippen molar-refractivity contribution in [1.29, 1.82) is 0 Å². The quantitative estimate of drug-likeness (QED) is 0.596. The summed E-state index contributed by atoms with van der Waals surface area (Å²) in [6.07, 6.45) is 0. The Morgan fingerprint density at radius 1 is 1.04 bits per heavy atom. The van der Waals surface area contributed by atoms with Crippen LogP contribution in [-0.2, 0) is 0 Å². The van der Waals surface area contributed by atoms with Crippen LogP contribution in [0.15, 0.2) is 54.6 Å². The van der Waals surface area contributed by atoms with Gasteiger partial charge in [-0.3, -0.25) is 0 Å². The summed E-state index contributed by atoms with van der Waals surface area (Å²) in [7, 11) is 0. The Kier molecular flexibility index (Phi) is 3.84. The van der Waals surface area contributed by atoms with Crippen molar-refractivity contribution in [3.63, 3.8) is 0 Å². The van der Waals surface area contributed by atoms with Crippen LogP contribution in [0, 0.1) is 0 Å². The molecule has 0 saturated carbocycles. The predicted molar refractivity (Wildman–Crippen MR) is 95.0 cm³/mol. The van der Waals surface area contributed by atoms with E-state index in [4.69, 9.17) is 4.74 Å². The smallest absolute Gasteiger partial charge is 0.236 e. The molecule has 0 aliphatic carbocycles. The monoisotopic (exact) mass is 337 g/mol. The number of benzene rings is 2. The Labute approximate surface area is 142 Å². The number of ether oxygens (including phenoxy) is 1. The molecule has 7 heteroatoms. The lowest BCUT2D eigenvalue weighted by Crippen LogP contribution is -1.94. The van der Waals surface area contributed by atoms with E-state index < -0.39 is 0 Å². The number of nitrogens with one attached hydrogen (secondary N) is 1. The molecule has 0 bridgehead atoms. The van der Waals surface area contributed by atoms with E-state index in [9.17, 15) is 0 Å². The standard InChI is InChI=1S/C17H15N5OS/c1-2-23-14-10-8-12(9-11-14)15-19-20-17-22(15)21-16(24-17)18-13-6-4-3-5-7-13/h3-11H,2H2,1H3,(H,18,21). The molecule has 0 fully saturated rings. The van der Waals surface area contributed by atoms with Gasteiger partial charge in [-0.25, -0.2) is 0 Å². The maximum atomic E-state index is 5.47. The third-order valence-electron chi connectivity index (χ3n) is 3.44. The molecule has 0 amide bonds. The first-order valence-corrected chi connectivity index (χ1v) is 8.42. The summed E-state index contributed by atoms with van der Waals surface area (Å²) in [6.45, 7) is 2.61. The number of aromatic nitrogens is 4. The van der Waals surface area contributed by atoms with Crippen molar-refractivity contribution in [2.24, 2.45) is 0 Å². The Morgan fingerprint density at radius 2 is 1.83 bits per heavy atom. The predicted octanol–water partition coefficient (Wildman–Crippen LogP) is 4.00. The number of para-hydroxylation sites is 1. The molecule has 0 unspecified atom stereocenters. The number of anilines is 2. The van der Waals surface area contributed by atoms with Gasteiger partial charge in [-0.15, -0.1) is 15.3 Å². The summed E-state index contributed by atoms with van der Waals surface area (Å²) in [4.78, 5) is 0.748. The molecule has 4 aromatic rings. The molecule has 2 aromatic carbocycles. The van der Waals surface area contributed by atoms with E-state index in [1.165, 1.54) is 11.3 Å². The molecule has 1 N–H and O–H groups in total. The van der Waals surface area contributed by atoms with Gasteiger partial charge in [0.25, 0.3) is 0 Å². The van der Waals surface area contributed by atoms with Crippen molar-refractivity contribution in [2.75, 3.05) is 11.9 Å². The minimum Gasteiger partial charge on any atom is -0.494 e. The van der Waals surface area contributed by atoms with Crippen LogP contribution < -0.4 is 10.1 Å². The van der Waals surface area contributed by atoms with Crippen LogP contribution in [0.5, 0.6) is 5.75 Å². The zero-order chi connectivity index (χ0) is 16.4. The van der Waals surface area contributed by atoms with Crippen LogP contribution in [0.1, 0.15) is 6.92 Å². The molecular formula is C17H15N5OS. The third kappa shape index (κ3) is 2.81. The average molecular weight is 337 g/mol. The van der Waals surface area contributed by atoms with Crippen molar-refractivity contribution in [2.45, 2.75) is 6.92 Å². The van der Waals surface area contributed by atoms with Gasteiger partial charge < -0.3 is 10.1 Å². The van der Waals surface area contributed by atoms with Gasteiger partial charge in [0.15, 0.2) is 5.82 Å². The summed E-state index contributed by atoms with van der Waals surface area (Å²) in [6, 6.07) is 17.7. The molecule has 0 saturated heterocycles. The van der Waals surface area contributed by atoms with E-state index in [2.05, 4.69) is 20.6 Å². The Bertz CT molecular complexity index is 946. The first kappa shape index (κ1) is 14.6. The zero-order valence-corrected chi connectivity index (χ0v) is 13.8. The van der Waals surface area contributed by atoms with Crippen molar-refractivity contribution in [3.8, 4) is 17.1 Å². The minimum absolute atomic E-state index is 0.648. The fraction of sp³-hybridized carbons (Fsp3) is 0.118. The lowest BCUT2D eigenvalue weighted by Gasteiger charge is -2.03. The van der Waals surface area contributed by atoms with Crippen molar-refractivity contribution < 1.29 is 4.74 Å². The molecule has 0 spiro atoms. The van der Waals surface area contributed by atoms with Gasteiger partial charge in [0.05, 0.1) is 6.61 Å². The highest BCUT2D eigenvalue weighted by atomic mass is 32.1. The number of hydrogen-bond acceptors (Lipinski definition) is 6. The second-order valence-electron chi connectivity index (χ2n) is 5.07. The second-order valence-corrected chi connectivity index (χ2v) is 6.03. The molecule has 0 aliphatic rings. The van der Waals surface area contributed by atoms with Crippen LogP contribution in [-0.4, -0.2) is 26.4 Å². The number of rotatable bonds is 5. The van der Waals surface area contributed by atoms with Crippen LogP contribution in [0.4, 0.5) is 10.8 Å². The molecule has 0 aliphatic heterocycles. The van der Waals surface area contributed by atoms with E-state index in [0.717, 1.165) is 27.1 Å². The van der Waals surface area contributed by atoms with E-state index in [1.807, 2.05) is 61.5 Å². The number of nitrogens with zero attached hydrogens (tertiary/aromatic N) is 4. The number of hydrogen-bond donors (Lipinski definition) is 1. The lowest BCUT2D eigenvalue weighted by molar-refractivity contribution is 0.340. The normalized spacial score (nSPS) is 10.9. The summed E-state index contributed by atoms with van der Waals surface area (Å²) >= 11 is 1.46. The van der Waals surface area contributed by atoms with Crippen molar-refractivity contribution in [1.82, 2.24) is 19.8 Å². The topological polar surface area (TPSA) is 64.3 Å². The molecule has 0 radical (unpaired) electrons. The van der Waals surface area contributed by atoms with Crippen LogP contribution in [0.3, 0.4) is 0 Å². The molecule has 0 atom stereocenters. The van der Waals surface area contributed by atoms with E-state index in [-0.39, 0.29) is 0 Å². The Morgan fingerprint density at radius 3 is 2.58 bits per heavy atom. The molecule has 6 nitrogen and oxygen atoms in total. The molecule has 2 aromatic heterocycles. The Balaban J connectivity index is 1.64. The molecule has 4 rings (SSSR count). The van der Waals surface area contributed by atoms with E-state index >= 15 is 0 Å². The summed E-state index contributed by atoms with van der Waals surface area (Å²) in [5, 5.41) is 17.1. The molecular weight excluding hydrogens is 322 g/mol. The highest BCUT2D eigenvalue weighted by Gasteiger charge is 2.13.